The number of aromatic amines is 2. The van der Waals surface area contributed by atoms with Crippen molar-refractivity contribution in [3.8, 4) is 17.2 Å². The molecule has 4 aromatic rings. The number of benzene rings is 2. The number of carbonyl (C=O) groups excluding carboxylic acids is 2. The minimum Gasteiger partial charge on any atom is -0.451 e. The molecule has 2 aromatic heterocycles. The fraction of sp³-hybridized carbons (Fsp3) is 0.357. The summed E-state index contributed by atoms with van der Waals surface area (Å²) in [7, 11) is 0. The molecule has 0 spiro atoms. The van der Waals surface area contributed by atoms with Crippen LogP contribution >= 0.6 is 0 Å². The second kappa shape index (κ2) is 8.31. The van der Waals surface area contributed by atoms with Gasteiger partial charge in [0.15, 0.2) is 5.76 Å². The number of furan rings is 1. The SMILES string of the molecule is CC1(F)CCC(NC(=O)c2cc3ccc(-c4ccc5[nH]c(=O)[nH]c5c4)cc3o2)(C(=O)NC2(C#N)CC2)CC1. The van der Waals surface area contributed by atoms with Crippen LogP contribution in [0.25, 0.3) is 33.1 Å². The fourth-order valence-electron chi connectivity index (χ4n) is 5.15. The zero-order valence-electron chi connectivity index (χ0n) is 20.7. The number of nitrogens with one attached hydrogen (secondary N) is 4. The van der Waals surface area contributed by atoms with E-state index in [1.807, 2.05) is 30.3 Å². The summed E-state index contributed by atoms with van der Waals surface area (Å²) < 4.78 is 20.5. The van der Waals surface area contributed by atoms with Crippen molar-refractivity contribution in [1.82, 2.24) is 20.6 Å². The van der Waals surface area contributed by atoms with Crippen LogP contribution in [0.3, 0.4) is 0 Å². The molecule has 194 valence electrons. The van der Waals surface area contributed by atoms with Crippen LogP contribution in [0.2, 0.25) is 0 Å². The van der Waals surface area contributed by atoms with E-state index < -0.39 is 28.6 Å². The topological polar surface area (TPSA) is 144 Å². The monoisotopic (exact) mass is 515 g/mol. The van der Waals surface area contributed by atoms with Gasteiger partial charge in [0.2, 0.25) is 5.91 Å². The highest BCUT2D eigenvalue weighted by atomic mass is 19.1. The third kappa shape index (κ3) is 4.24. The number of H-pyrrole nitrogens is 2. The summed E-state index contributed by atoms with van der Waals surface area (Å²) in [5.74, 6) is -1.00. The first-order valence-electron chi connectivity index (χ1n) is 12.6. The van der Waals surface area contributed by atoms with E-state index in [0.717, 1.165) is 11.1 Å². The summed E-state index contributed by atoms with van der Waals surface area (Å²) in [5.41, 5.74) is -0.392. The van der Waals surface area contributed by atoms with Crippen LogP contribution in [0.1, 0.15) is 56.0 Å². The van der Waals surface area contributed by atoms with Crippen LogP contribution in [0.5, 0.6) is 0 Å². The highest BCUT2D eigenvalue weighted by molar-refractivity contribution is 6.01. The predicted octanol–water partition coefficient (Wildman–Crippen LogP) is 4.21. The number of amides is 2. The lowest BCUT2D eigenvalue weighted by molar-refractivity contribution is -0.130. The van der Waals surface area contributed by atoms with E-state index in [0.29, 0.717) is 34.8 Å². The van der Waals surface area contributed by atoms with Gasteiger partial charge in [-0.2, -0.15) is 5.26 Å². The Labute approximate surface area is 216 Å². The molecule has 0 saturated heterocycles. The Bertz CT molecular complexity index is 1690. The third-order valence-corrected chi connectivity index (χ3v) is 7.84. The molecule has 10 heteroatoms. The van der Waals surface area contributed by atoms with Crippen molar-refractivity contribution >= 4 is 33.8 Å². The first kappa shape index (κ1) is 24.0. The van der Waals surface area contributed by atoms with E-state index >= 15 is 0 Å². The van der Waals surface area contributed by atoms with Crippen molar-refractivity contribution in [3.63, 3.8) is 0 Å². The van der Waals surface area contributed by atoms with Gasteiger partial charge >= 0.3 is 5.69 Å². The van der Waals surface area contributed by atoms with E-state index in [9.17, 15) is 24.0 Å². The van der Waals surface area contributed by atoms with Crippen molar-refractivity contribution in [2.75, 3.05) is 0 Å². The quantitative estimate of drug-likeness (QED) is 0.315. The molecule has 2 aliphatic carbocycles. The summed E-state index contributed by atoms with van der Waals surface area (Å²) >= 11 is 0. The van der Waals surface area contributed by atoms with Crippen molar-refractivity contribution in [2.45, 2.75) is 62.2 Å². The summed E-state index contributed by atoms with van der Waals surface area (Å²) in [6, 6.07) is 14.8. The number of rotatable bonds is 5. The molecule has 2 amide bonds. The maximum atomic E-state index is 14.6. The Morgan fingerprint density at radius 2 is 1.63 bits per heavy atom. The molecule has 2 fully saturated rings. The molecule has 6 rings (SSSR count). The molecule has 0 atom stereocenters. The molecule has 0 radical (unpaired) electrons. The van der Waals surface area contributed by atoms with E-state index in [-0.39, 0.29) is 37.1 Å². The lowest BCUT2D eigenvalue weighted by Crippen LogP contribution is -2.63. The van der Waals surface area contributed by atoms with Gasteiger partial charge in [-0.25, -0.2) is 9.18 Å². The van der Waals surface area contributed by atoms with E-state index in [1.165, 1.54) is 6.92 Å². The summed E-state index contributed by atoms with van der Waals surface area (Å²) in [6.45, 7) is 1.50. The number of nitrogens with zero attached hydrogens (tertiary/aromatic N) is 1. The Morgan fingerprint density at radius 3 is 2.34 bits per heavy atom. The van der Waals surface area contributed by atoms with Gasteiger partial charge in [0.1, 0.15) is 22.3 Å². The Hall–Kier alpha value is -4.39. The number of carbonyl (C=O) groups is 2. The Kier molecular flexibility index (Phi) is 5.24. The average Bonchev–Trinajstić information content (AvgIpc) is 3.36. The van der Waals surface area contributed by atoms with Crippen LogP contribution in [-0.4, -0.2) is 38.5 Å². The molecule has 0 bridgehead atoms. The van der Waals surface area contributed by atoms with Gasteiger partial charge in [-0.1, -0.05) is 18.2 Å². The highest BCUT2D eigenvalue weighted by Crippen LogP contribution is 2.40. The number of fused-ring (bicyclic) bond motifs is 2. The summed E-state index contributed by atoms with van der Waals surface area (Å²) in [5, 5.41) is 15.7. The van der Waals surface area contributed by atoms with Gasteiger partial charge < -0.3 is 25.0 Å². The molecule has 4 N–H and O–H groups in total. The normalized spacial score (nSPS) is 24.1. The second-order valence-electron chi connectivity index (χ2n) is 10.8. The minimum atomic E-state index is -1.42. The molecule has 2 saturated carbocycles. The van der Waals surface area contributed by atoms with Gasteiger partial charge in [-0.05, 0) is 80.8 Å². The van der Waals surface area contributed by atoms with Gasteiger partial charge in [0.25, 0.3) is 5.91 Å². The average molecular weight is 516 g/mol. The zero-order chi connectivity index (χ0) is 26.7. The number of hydrogen-bond donors (Lipinski definition) is 4. The van der Waals surface area contributed by atoms with Gasteiger partial charge in [0.05, 0.1) is 17.1 Å². The molecular formula is C28H26FN5O4. The van der Waals surface area contributed by atoms with Crippen LogP contribution in [-0.2, 0) is 4.79 Å². The standard InChI is InChI=1S/C28H26FN5O4/c1-26(29)6-10-28(11-7-26,24(36)34-27(15-30)8-9-27)33-23(35)22-14-18-3-2-17(13-21(18)38-22)16-4-5-19-20(12-16)32-25(37)31-19/h2-5,12-14H,6-11H2,1H3,(H,33,35)(H,34,36)(H2,31,32,37). The first-order valence-corrected chi connectivity index (χ1v) is 12.6. The van der Waals surface area contributed by atoms with Gasteiger partial charge in [0, 0.05) is 5.39 Å². The number of halogens is 1. The van der Waals surface area contributed by atoms with Crippen molar-refractivity contribution in [1.29, 1.82) is 5.26 Å². The second-order valence-corrected chi connectivity index (χ2v) is 10.8. The van der Waals surface area contributed by atoms with Crippen LogP contribution in [0, 0.1) is 11.3 Å². The molecule has 0 aliphatic heterocycles. The Balaban J connectivity index is 1.27. The Morgan fingerprint density at radius 1 is 0.947 bits per heavy atom. The largest absolute Gasteiger partial charge is 0.451 e. The molecule has 2 aliphatic rings. The number of alkyl halides is 1. The summed E-state index contributed by atoms with van der Waals surface area (Å²) in [6.07, 6.45) is 1.57. The van der Waals surface area contributed by atoms with E-state index in [1.54, 1.807) is 12.1 Å². The van der Waals surface area contributed by atoms with Crippen molar-refractivity contribution in [3.05, 3.63) is 58.7 Å². The van der Waals surface area contributed by atoms with Gasteiger partial charge in [-0.15, -0.1) is 0 Å². The smallest absolute Gasteiger partial charge is 0.323 e. The molecular weight excluding hydrogens is 489 g/mol. The van der Waals surface area contributed by atoms with E-state index in [2.05, 4.69) is 26.7 Å². The van der Waals surface area contributed by atoms with Crippen molar-refractivity contribution in [2.24, 2.45) is 0 Å². The predicted molar refractivity (Wildman–Crippen MR) is 138 cm³/mol. The third-order valence-electron chi connectivity index (χ3n) is 7.84. The van der Waals surface area contributed by atoms with Crippen LogP contribution < -0.4 is 16.3 Å². The minimum absolute atomic E-state index is 0.0322. The number of hydrogen-bond acceptors (Lipinski definition) is 5. The number of imidazole rings is 1. The molecule has 9 nitrogen and oxygen atoms in total. The maximum Gasteiger partial charge on any atom is 0.323 e. The molecule has 2 aromatic carbocycles. The van der Waals surface area contributed by atoms with Crippen LogP contribution in [0.15, 0.2) is 51.7 Å². The lowest BCUT2D eigenvalue weighted by Gasteiger charge is -2.41. The highest BCUT2D eigenvalue weighted by Gasteiger charge is 2.52. The molecule has 38 heavy (non-hydrogen) atoms. The lowest BCUT2D eigenvalue weighted by atomic mass is 9.74. The number of nitriles is 1. The summed E-state index contributed by atoms with van der Waals surface area (Å²) in [4.78, 5) is 43.7. The first-order chi connectivity index (χ1) is 18.1. The van der Waals surface area contributed by atoms with Crippen LogP contribution in [0.4, 0.5) is 4.39 Å². The van der Waals surface area contributed by atoms with Gasteiger partial charge in [-0.3, -0.25) is 9.59 Å². The maximum absolute atomic E-state index is 14.6. The van der Waals surface area contributed by atoms with Crippen molar-refractivity contribution < 1.29 is 18.4 Å². The molecule has 0 unspecified atom stereocenters. The number of aromatic nitrogens is 2. The van der Waals surface area contributed by atoms with E-state index in [4.69, 9.17) is 4.42 Å². The molecule has 2 heterocycles. The fourth-order valence-corrected chi connectivity index (χ4v) is 5.15. The zero-order valence-corrected chi connectivity index (χ0v) is 20.7.